The van der Waals surface area contributed by atoms with E-state index in [2.05, 4.69) is 41.5 Å². The minimum absolute atomic E-state index is 0.0627. The van der Waals surface area contributed by atoms with Gasteiger partial charge in [-0.15, -0.1) is 0 Å². The summed E-state index contributed by atoms with van der Waals surface area (Å²) in [6.07, 6.45) is 1.81. The number of hydrogen-bond acceptors (Lipinski definition) is 2. The van der Waals surface area contributed by atoms with Gasteiger partial charge in [0.1, 0.15) is 5.65 Å². The zero-order valence-corrected chi connectivity index (χ0v) is 13.0. The fourth-order valence-electron chi connectivity index (χ4n) is 2.42. The molecule has 2 heterocycles. The summed E-state index contributed by atoms with van der Waals surface area (Å²) in [4.78, 5) is 15.8. The average Bonchev–Trinajstić information content (AvgIpc) is 2.65. The number of nitrogens with zero attached hydrogens (tertiary/aromatic N) is 2. The third-order valence-electron chi connectivity index (χ3n) is 3.29. The Morgan fingerprint density at radius 2 is 1.75 bits per heavy atom. The molecule has 0 spiro atoms. The first-order valence-corrected chi connectivity index (χ1v) is 6.78. The molecule has 2 aromatic rings. The summed E-state index contributed by atoms with van der Waals surface area (Å²) in [5, 5.41) is 9.10. The van der Waals surface area contributed by atoms with E-state index in [4.69, 9.17) is 10.1 Å². The van der Waals surface area contributed by atoms with Crippen LogP contribution in [0.15, 0.2) is 18.3 Å². The number of carboxylic acids is 1. The van der Waals surface area contributed by atoms with Crippen LogP contribution in [0.1, 0.15) is 63.3 Å². The molecule has 0 atom stereocenters. The maximum absolute atomic E-state index is 11.1. The van der Waals surface area contributed by atoms with Gasteiger partial charge in [0.05, 0.1) is 17.0 Å². The van der Waals surface area contributed by atoms with Gasteiger partial charge in [-0.05, 0) is 12.1 Å². The third kappa shape index (κ3) is 2.42. The van der Waals surface area contributed by atoms with Crippen molar-refractivity contribution in [3.05, 3.63) is 35.3 Å². The predicted molar refractivity (Wildman–Crippen MR) is 79.6 cm³/mol. The Balaban J connectivity index is 2.83. The van der Waals surface area contributed by atoms with Gasteiger partial charge < -0.3 is 9.51 Å². The lowest BCUT2D eigenvalue weighted by Crippen LogP contribution is -2.23. The zero-order chi connectivity index (χ0) is 15.3. The number of imidazole rings is 1. The highest BCUT2D eigenvalue weighted by molar-refractivity contribution is 5.88. The van der Waals surface area contributed by atoms with E-state index in [9.17, 15) is 4.79 Å². The molecule has 0 aliphatic carbocycles. The molecule has 2 aromatic heterocycles. The van der Waals surface area contributed by atoms with E-state index < -0.39 is 5.97 Å². The van der Waals surface area contributed by atoms with Gasteiger partial charge in [-0.2, -0.15) is 0 Å². The average molecular weight is 274 g/mol. The van der Waals surface area contributed by atoms with Gasteiger partial charge in [-0.25, -0.2) is 9.78 Å². The molecule has 4 nitrogen and oxygen atoms in total. The number of aromatic nitrogens is 2. The van der Waals surface area contributed by atoms with Crippen molar-refractivity contribution in [1.82, 2.24) is 9.38 Å². The first-order valence-electron chi connectivity index (χ1n) is 6.78. The topological polar surface area (TPSA) is 54.6 Å². The molecule has 0 unspecified atom stereocenters. The smallest absolute Gasteiger partial charge is 0.335 e. The summed E-state index contributed by atoms with van der Waals surface area (Å²) in [7, 11) is 0. The third-order valence-corrected chi connectivity index (χ3v) is 3.29. The van der Waals surface area contributed by atoms with Gasteiger partial charge in [0.25, 0.3) is 0 Å². The number of pyridine rings is 1. The van der Waals surface area contributed by atoms with E-state index >= 15 is 0 Å². The van der Waals surface area contributed by atoms with Crippen molar-refractivity contribution in [2.24, 2.45) is 0 Å². The largest absolute Gasteiger partial charge is 0.478 e. The highest BCUT2D eigenvalue weighted by Gasteiger charge is 2.30. The number of carbonyl (C=O) groups is 1. The second kappa shape index (κ2) is 4.33. The molecule has 0 aliphatic heterocycles. The number of aromatic carboxylic acids is 1. The highest BCUT2D eigenvalue weighted by Crippen LogP contribution is 2.34. The van der Waals surface area contributed by atoms with E-state index in [-0.39, 0.29) is 16.4 Å². The van der Waals surface area contributed by atoms with Gasteiger partial charge in [0, 0.05) is 17.0 Å². The number of hydrogen-bond donors (Lipinski definition) is 1. The maximum atomic E-state index is 11.1. The van der Waals surface area contributed by atoms with E-state index in [0.717, 1.165) is 11.4 Å². The lowest BCUT2D eigenvalue weighted by Gasteiger charge is -2.25. The van der Waals surface area contributed by atoms with Crippen LogP contribution in [0.2, 0.25) is 0 Å². The summed E-state index contributed by atoms with van der Waals surface area (Å²) in [6.45, 7) is 12.8. The van der Waals surface area contributed by atoms with Crippen LogP contribution < -0.4 is 0 Å². The molecule has 4 heteroatoms. The second-order valence-corrected chi connectivity index (χ2v) is 7.26. The summed E-state index contributed by atoms with van der Waals surface area (Å²) < 4.78 is 2.01. The van der Waals surface area contributed by atoms with E-state index in [1.54, 1.807) is 12.1 Å². The van der Waals surface area contributed by atoms with E-state index in [0.29, 0.717) is 5.65 Å². The molecular formula is C16H22N2O2. The quantitative estimate of drug-likeness (QED) is 0.864. The minimum atomic E-state index is -0.926. The summed E-state index contributed by atoms with van der Waals surface area (Å²) in [5.41, 5.74) is 2.97. The van der Waals surface area contributed by atoms with Crippen LogP contribution in [-0.2, 0) is 10.8 Å². The van der Waals surface area contributed by atoms with Gasteiger partial charge in [-0.1, -0.05) is 41.5 Å². The molecule has 0 saturated heterocycles. The number of carboxylic acid groups (broad SMARTS) is 1. The molecule has 0 bridgehead atoms. The van der Waals surface area contributed by atoms with Crippen molar-refractivity contribution in [2.45, 2.75) is 52.4 Å². The fourth-order valence-corrected chi connectivity index (χ4v) is 2.42. The monoisotopic (exact) mass is 274 g/mol. The van der Waals surface area contributed by atoms with E-state index in [1.807, 2.05) is 10.6 Å². The molecule has 0 aromatic carbocycles. The van der Waals surface area contributed by atoms with Crippen molar-refractivity contribution in [1.29, 1.82) is 0 Å². The molecule has 108 valence electrons. The molecule has 0 aliphatic rings. The van der Waals surface area contributed by atoms with Crippen LogP contribution in [0, 0.1) is 0 Å². The fraction of sp³-hybridized carbons (Fsp3) is 0.500. The minimum Gasteiger partial charge on any atom is -0.478 e. The van der Waals surface area contributed by atoms with Crippen molar-refractivity contribution < 1.29 is 9.90 Å². The van der Waals surface area contributed by atoms with Crippen molar-refractivity contribution >= 4 is 11.6 Å². The van der Waals surface area contributed by atoms with Gasteiger partial charge in [-0.3, -0.25) is 0 Å². The van der Waals surface area contributed by atoms with Crippen molar-refractivity contribution in [3.63, 3.8) is 0 Å². The Morgan fingerprint density at radius 1 is 1.15 bits per heavy atom. The maximum Gasteiger partial charge on any atom is 0.335 e. The molecule has 0 radical (unpaired) electrons. The van der Waals surface area contributed by atoms with Crippen LogP contribution in [0.25, 0.3) is 5.65 Å². The Kier molecular flexibility index (Phi) is 3.16. The Bertz CT molecular complexity index is 670. The first-order chi connectivity index (χ1) is 9.01. The molecule has 0 amide bonds. The number of fused-ring (bicyclic) bond motifs is 1. The van der Waals surface area contributed by atoms with Crippen LogP contribution in [0.3, 0.4) is 0 Å². The second-order valence-electron chi connectivity index (χ2n) is 7.26. The normalized spacial score (nSPS) is 12.9. The molecule has 1 N–H and O–H groups in total. The lowest BCUT2D eigenvalue weighted by atomic mass is 9.82. The Hall–Kier alpha value is -1.84. The summed E-state index contributed by atoms with van der Waals surface area (Å²) >= 11 is 0. The summed E-state index contributed by atoms with van der Waals surface area (Å²) in [6, 6.07) is 3.26. The Morgan fingerprint density at radius 3 is 2.20 bits per heavy atom. The molecule has 20 heavy (non-hydrogen) atoms. The standard InChI is InChI=1S/C16H22N2O2/c1-15(2,3)12-13(16(4,5)6)18-8-7-10(14(19)20)9-11(18)17-12/h7-9H,1-6H3,(H,19,20). The zero-order valence-electron chi connectivity index (χ0n) is 13.0. The van der Waals surface area contributed by atoms with Gasteiger partial charge in [0.15, 0.2) is 0 Å². The van der Waals surface area contributed by atoms with Gasteiger partial charge >= 0.3 is 5.97 Å². The highest BCUT2D eigenvalue weighted by atomic mass is 16.4. The van der Waals surface area contributed by atoms with Crippen molar-refractivity contribution in [2.75, 3.05) is 0 Å². The van der Waals surface area contributed by atoms with Crippen molar-refractivity contribution in [3.8, 4) is 0 Å². The number of rotatable bonds is 1. The Labute approximate surface area is 119 Å². The summed E-state index contributed by atoms with van der Waals surface area (Å²) in [5.74, 6) is -0.926. The van der Waals surface area contributed by atoms with Crippen LogP contribution in [-0.4, -0.2) is 20.5 Å². The van der Waals surface area contributed by atoms with Crippen LogP contribution in [0.5, 0.6) is 0 Å². The molecular weight excluding hydrogens is 252 g/mol. The molecule has 0 saturated carbocycles. The molecule has 2 rings (SSSR count). The van der Waals surface area contributed by atoms with Gasteiger partial charge in [0.2, 0.25) is 0 Å². The molecule has 0 fully saturated rings. The SMILES string of the molecule is CC(C)(C)c1nc2cc(C(=O)O)ccn2c1C(C)(C)C. The first kappa shape index (κ1) is 14.6. The van der Waals surface area contributed by atoms with Crippen LogP contribution in [0.4, 0.5) is 0 Å². The van der Waals surface area contributed by atoms with Crippen LogP contribution >= 0.6 is 0 Å². The predicted octanol–water partition coefficient (Wildman–Crippen LogP) is 3.63. The lowest BCUT2D eigenvalue weighted by molar-refractivity contribution is 0.0697. The van der Waals surface area contributed by atoms with E-state index in [1.165, 1.54) is 0 Å².